The van der Waals surface area contributed by atoms with Crippen LogP contribution in [0.1, 0.15) is 38.7 Å². The van der Waals surface area contributed by atoms with Gasteiger partial charge < -0.3 is 10.4 Å². The van der Waals surface area contributed by atoms with Crippen LogP contribution >= 0.6 is 0 Å². The van der Waals surface area contributed by atoms with Gasteiger partial charge in [0.05, 0.1) is 5.92 Å². The molecule has 0 aliphatic carbocycles. The van der Waals surface area contributed by atoms with Crippen molar-refractivity contribution in [2.24, 2.45) is 11.8 Å². The van der Waals surface area contributed by atoms with Crippen LogP contribution in [0.2, 0.25) is 0 Å². The third kappa shape index (κ3) is 5.64. The number of hydrogen-bond acceptors (Lipinski definition) is 3. The van der Waals surface area contributed by atoms with Crippen molar-refractivity contribution in [1.82, 2.24) is 10.2 Å². The Morgan fingerprint density at radius 3 is 2.62 bits per heavy atom. The van der Waals surface area contributed by atoms with Crippen LogP contribution in [0.25, 0.3) is 0 Å². The van der Waals surface area contributed by atoms with Crippen molar-refractivity contribution < 1.29 is 14.7 Å². The molecule has 0 bridgehead atoms. The highest BCUT2D eigenvalue weighted by Crippen LogP contribution is 2.19. The molecule has 5 nitrogen and oxygen atoms in total. The second-order valence-corrected chi connectivity index (χ2v) is 7.09. The molecule has 132 valence electrons. The zero-order chi connectivity index (χ0) is 17.5. The molecule has 0 spiro atoms. The maximum atomic E-state index is 12.5. The number of nitrogens with zero attached hydrogens (tertiary/aromatic N) is 1. The minimum Gasteiger partial charge on any atom is -0.480 e. The maximum absolute atomic E-state index is 12.5. The molecular weight excluding hydrogens is 304 g/mol. The van der Waals surface area contributed by atoms with Crippen LogP contribution < -0.4 is 5.32 Å². The Bertz CT molecular complexity index is 545. The molecule has 0 radical (unpaired) electrons. The number of hydrogen-bond donors (Lipinski definition) is 2. The van der Waals surface area contributed by atoms with E-state index in [-0.39, 0.29) is 17.7 Å². The average Bonchev–Trinajstić information content (AvgIpc) is 2.55. The minimum absolute atomic E-state index is 0.124. The van der Waals surface area contributed by atoms with Crippen molar-refractivity contribution in [3.05, 3.63) is 35.9 Å². The molecule has 1 amide bonds. The van der Waals surface area contributed by atoms with Gasteiger partial charge in [0.15, 0.2) is 0 Å². The molecule has 1 unspecified atom stereocenters. The van der Waals surface area contributed by atoms with Crippen molar-refractivity contribution in [3.63, 3.8) is 0 Å². The topological polar surface area (TPSA) is 69.6 Å². The predicted molar refractivity (Wildman–Crippen MR) is 93.5 cm³/mol. The third-order valence-electron chi connectivity index (χ3n) is 4.45. The van der Waals surface area contributed by atoms with E-state index in [0.29, 0.717) is 13.0 Å². The summed E-state index contributed by atoms with van der Waals surface area (Å²) >= 11 is 0. The lowest BCUT2D eigenvalue weighted by Crippen LogP contribution is -2.48. The maximum Gasteiger partial charge on any atom is 0.326 e. The van der Waals surface area contributed by atoms with Gasteiger partial charge >= 0.3 is 5.97 Å². The Labute approximate surface area is 144 Å². The van der Waals surface area contributed by atoms with E-state index in [4.69, 9.17) is 0 Å². The number of carboxylic acid groups (broad SMARTS) is 1. The fourth-order valence-corrected chi connectivity index (χ4v) is 3.24. The molecule has 1 saturated heterocycles. The van der Waals surface area contributed by atoms with Crippen molar-refractivity contribution in [3.8, 4) is 0 Å². The molecule has 0 saturated carbocycles. The third-order valence-corrected chi connectivity index (χ3v) is 4.45. The first kappa shape index (κ1) is 18.5. The molecule has 1 aliphatic rings. The van der Waals surface area contributed by atoms with Crippen LogP contribution in [0.15, 0.2) is 30.3 Å². The number of carbonyl (C=O) groups is 2. The number of carbonyl (C=O) groups excluding carboxylic acids is 1. The molecule has 1 fully saturated rings. The SMILES string of the molecule is CC(C)C[C@H](NC(=O)C1CCCN(Cc2ccccc2)C1)C(=O)O. The summed E-state index contributed by atoms with van der Waals surface area (Å²) in [6.45, 7) is 6.43. The molecule has 1 aromatic carbocycles. The summed E-state index contributed by atoms with van der Waals surface area (Å²) in [5.41, 5.74) is 1.24. The molecule has 0 aromatic heterocycles. The van der Waals surface area contributed by atoms with Gasteiger partial charge in [-0.2, -0.15) is 0 Å². The molecule has 24 heavy (non-hydrogen) atoms. The fraction of sp³-hybridized carbons (Fsp3) is 0.579. The van der Waals surface area contributed by atoms with Crippen LogP contribution in [0, 0.1) is 11.8 Å². The fourth-order valence-electron chi connectivity index (χ4n) is 3.24. The number of piperidine rings is 1. The molecule has 1 heterocycles. The Hall–Kier alpha value is -1.88. The molecule has 2 rings (SSSR count). The Balaban J connectivity index is 1.90. The lowest BCUT2D eigenvalue weighted by atomic mass is 9.95. The van der Waals surface area contributed by atoms with Crippen LogP contribution in [-0.4, -0.2) is 41.0 Å². The van der Waals surface area contributed by atoms with Crippen LogP contribution in [0.3, 0.4) is 0 Å². The van der Waals surface area contributed by atoms with Gasteiger partial charge in [-0.05, 0) is 37.3 Å². The highest BCUT2D eigenvalue weighted by Gasteiger charge is 2.29. The van der Waals surface area contributed by atoms with Gasteiger partial charge in [0, 0.05) is 13.1 Å². The highest BCUT2D eigenvalue weighted by molar-refractivity contribution is 5.85. The number of amides is 1. The molecular formula is C19H28N2O3. The van der Waals surface area contributed by atoms with E-state index in [9.17, 15) is 14.7 Å². The van der Waals surface area contributed by atoms with E-state index in [2.05, 4.69) is 22.3 Å². The van der Waals surface area contributed by atoms with Gasteiger partial charge in [-0.3, -0.25) is 9.69 Å². The smallest absolute Gasteiger partial charge is 0.326 e. The number of aliphatic carboxylic acids is 1. The van der Waals surface area contributed by atoms with Crippen molar-refractivity contribution in [2.75, 3.05) is 13.1 Å². The summed E-state index contributed by atoms with van der Waals surface area (Å²) in [7, 11) is 0. The average molecular weight is 332 g/mol. The molecule has 1 aliphatic heterocycles. The van der Waals surface area contributed by atoms with Gasteiger partial charge in [0.2, 0.25) is 5.91 Å². The molecule has 2 N–H and O–H groups in total. The zero-order valence-electron chi connectivity index (χ0n) is 14.6. The van der Waals surface area contributed by atoms with Crippen molar-refractivity contribution in [2.45, 2.75) is 45.7 Å². The second-order valence-electron chi connectivity index (χ2n) is 7.09. The number of carboxylic acids is 1. The largest absolute Gasteiger partial charge is 0.480 e. The van der Waals surface area contributed by atoms with Crippen LogP contribution in [0.5, 0.6) is 0 Å². The van der Waals surface area contributed by atoms with Crippen LogP contribution in [-0.2, 0) is 16.1 Å². The van der Waals surface area contributed by atoms with Gasteiger partial charge in [-0.15, -0.1) is 0 Å². The number of benzene rings is 1. The van der Waals surface area contributed by atoms with Gasteiger partial charge in [0.1, 0.15) is 6.04 Å². The monoisotopic (exact) mass is 332 g/mol. The standard InChI is InChI=1S/C19H28N2O3/c1-14(2)11-17(19(23)24)20-18(22)16-9-6-10-21(13-16)12-15-7-4-3-5-8-15/h3-5,7-8,14,16-17H,6,9-13H2,1-2H3,(H,20,22)(H,23,24)/t16?,17-/m0/s1. The first-order valence-electron chi connectivity index (χ1n) is 8.75. The van der Waals surface area contributed by atoms with Gasteiger partial charge in [-0.25, -0.2) is 4.79 Å². The van der Waals surface area contributed by atoms with Crippen LogP contribution in [0.4, 0.5) is 0 Å². The van der Waals surface area contributed by atoms with Gasteiger partial charge in [0.25, 0.3) is 0 Å². The first-order valence-corrected chi connectivity index (χ1v) is 8.75. The van der Waals surface area contributed by atoms with E-state index in [1.54, 1.807) is 0 Å². The number of rotatable bonds is 7. The normalized spacial score (nSPS) is 19.9. The van der Waals surface area contributed by atoms with E-state index >= 15 is 0 Å². The second kappa shape index (κ2) is 8.83. The van der Waals surface area contributed by atoms with Crippen molar-refractivity contribution >= 4 is 11.9 Å². The summed E-state index contributed by atoms with van der Waals surface area (Å²) in [6, 6.07) is 9.43. The summed E-state index contributed by atoms with van der Waals surface area (Å²) in [6.07, 6.45) is 2.25. The molecule has 5 heteroatoms. The lowest BCUT2D eigenvalue weighted by molar-refractivity contribution is -0.143. The summed E-state index contributed by atoms with van der Waals surface area (Å²) in [4.78, 5) is 26.1. The quantitative estimate of drug-likeness (QED) is 0.805. The Kier molecular flexibility index (Phi) is 6.79. The predicted octanol–water partition coefficient (Wildman–Crippen LogP) is 2.51. The number of likely N-dealkylation sites (tertiary alicyclic amines) is 1. The highest BCUT2D eigenvalue weighted by atomic mass is 16.4. The summed E-state index contributed by atoms with van der Waals surface area (Å²) in [5, 5.41) is 12.0. The summed E-state index contributed by atoms with van der Waals surface area (Å²) in [5.74, 6) is -0.973. The molecule has 2 atom stereocenters. The van der Waals surface area contributed by atoms with Crippen molar-refractivity contribution in [1.29, 1.82) is 0 Å². The Morgan fingerprint density at radius 1 is 1.29 bits per heavy atom. The van der Waals surface area contributed by atoms with E-state index in [1.807, 2.05) is 32.0 Å². The van der Waals surface area contributed by atoms with E-state index in [0.717, 1.165) is 25.9 Å². The van der Waals surface area contributed by atoms with E-state index in [1.165, 1.54) is 5.56 Å². The summed E-state index contributed by atoms with van der Waals surface area (Å²) < 4.78 is 0. The Morgan fingerprint density at radius 2 is 2.00 bits per heavy atom. The minimum atomic E-state index is -0.950. The van der Waals surface area contributed by atoms with E-state index < -0.39 is 12.0 Å². The van der Waals surface area contributed by atoms with Gasteiger partial charge in [-0.1, -0.05) is 44.2 Å². The lowest BCUT2D eigenvalue weighted by Gasteiger charge is -2.32. The first-order chi connectivity index (χ1) is 11.5. The molecule has 1 aromatic rings. The zero-order valence-corrected chi connectivity index (χ0v) is 14.6. The number of nitrogens with one attached hydrogen (secondary N) is 1.